The number of aryl methyl sites for hydroxylation is 1. The van der Waals surface area contributed by atoms with Crippen molar-refractivity contribution in [3.8, 4) is 5.88 Å². The maximum Gasteiger partial charge on any atom is 0.236 e. The molecule has 0 amide bonds. The third-order valence-corrected chi connectivity index (χ3v) is 5.47. The van der Waals surface area contributed by atoms with Crippen molar-refractivity contribution in [1.29, 1.82) is 0 Å². The van der Waals surface area contributed by atoms with Gasteiger partial charge in [-0.15, -0.1) is 0 Å². The summed E-state index contributed by atoms with van der Waals surface area (Å²) in [6.07, 6.45) is 2.94. The zero-order valence-corrected chi connectivity index (χ0v) is 14.7. The molecule has 0 radical (unpaired) electrons. The Morgan fingerprint density at radius 3 is 2.62 bits per heavy atom. The Kier molecular flexibility index (Phi) is 4.89. The molecule has 0 saturated carbocycles. The molecule has 0 spiro atoms. The van der Waals surface area contributed by atoms with Gasteiger partial charge < -0.3 is 4.74 Å². The van der Waals surface area contributed by atoms with Gasteiger partial charge in [-0.3, -0.25) is 0 Å². The number of aromatic nitrogens is 1. The maximum absolute atomic E-state index is 12.3. The zero-order chi connectivity index (χ0) is 17.2. The van der Waals surface area contributed by atoms with Crippen molar-refractivity contribution in [2.24, 2.45) is 0 Å². The van der Waals surface area contributed by atoms with E-state index in [0.29, 0.717) is 10.9 Å². The van der Waals surface area contributed by atoms with Crippen LogP contribution in [0.1, 0.15) is 11.1 Å². The molecule has 0 atom stereocenters. The Hall–Kier alpha value is -1.89. The Balaban J connectivity index is 1.58. The first kappa shape index (κ1) is 17.0. The van der Waals surface area contributed by atoms with Gasteiger partial charge in [0.25, 0.3) is 0 Å². The van der Waals surface area contributed by atoms with Crippen molar-refractivity contribution in [3.63, 3.8) is 0 Å². The Morgan fingerprint density at radius 2 is 1.96 bits per heavy atom. The van der Waals surface area contributed by atoms with Crippen LogP contribution >= 0.6 is 11.6 Å². The zero-order valence-electron chi connectivity index (χ0n) is 13.1. The van der Waals surface area contributed by atoms with E-state index in [0.717, 1.165) is 11.1 Å². The molecule has 2 heterocycles. The van der Waals surface area contributed by atoms with E-state index in [-0.39, 0.29) is 19.2 Å². The number of benzene rings is 1. The highest BCUT2D eigenvalue weighted by Crippen LogP contribution is 2.25. The molecular weight excluding hydrogens is 348 g/mol. The van der Waals surface area contributed by atoms with Crippen LogP contribution in [-0.4, -0.2) is 36.9 Å². The summed E-state index contributed by atoms with van der Waals surface area (Å²) >= 11 is 5.97. The topological polar surface area (TPSA) is 59.5 Å². The molecule has 7 heteroatoms. The summed E-state index contributed by atoms with van der Waals surface area (Å²) < 4.78 is 31.5. The molecule has 2 aromatic rings. The highest BCUT2D eigenvalue weighted by molar-refractivity contribution is 7.92. The molecule has 1 aliphatic rings. The third-order valence-electron chi connectivity index (χ3n) is 3.69. The van der Waals surface area contributed by atoms with Crippen molar-refractivity contribution < 1.29 is 13.2 Å². The molecule has 5 nitrogen and oxygen atoms in total. The fourth-order valence-corrected chi connectivity index (χ4v) is 3.64. The van der Waals surface area contributed by atoms with E-state index < -0.39 is 10.0 Å². The summed E-state index contributed by atoms with van der Waals surface area (Å²) in [6, 6.07) is 11.0. The molecule has 24 heavy (non-hydrogen) atoms. The van der Waals surface area contributed by atoms with Crippen molar-refractivity contribution >= 4 is 27.7 Å². The van der Waals surface area contributed by atoms with Gasteiger partial charge in [0.05, 0.1) is 13.1 Å². The lowest BCUT2D eigenvalue weighted by atomic mass is 10.2. The number of rotatable bonds is 5. The van der Waals surface area contributed by atoms with Gasteiger partial charge in [-0.25, -0.2) is 13.4 Å². The lowest BCUT2D eigenvalue weighted by molar-refractivity contribution is 0.0731. The Bertz CT molecular complexity index is 844. The Labute approximate surface area is 146 Å². The van der Waals surface area contributed by atoms with E-state index in [4.69, 9.17) is 16.3 Å². The van der Waals surface area contributed by atoms with Gasteiger partial charge in [0.15, 0.2) is 0 Å². The van der Waals surface area contributed by atoms with Gasteiger partial charge in [0.1, 0.15) is 11.1 Å². The molecule has 3 rings (SSSR count). The fraction of sp³-hybridized carbons (Fsp3) is 0.235. The number of hydrogen-bond acceptors (Lipinski definition) is 4. The highest BCUT2D eigenvalue weighted by atomic mass is 35.5. The second-order valence-corrected chi connectivity index (χ2v) is 7.83. The number of pyridine rings is 1. The predicted molar refractivity (Wildman–Crippen MR) is 94.4 cm³/mol. The van der Waals surface area contributed by atoms with Crippen LogP contribution in [0, 0.1) is 6.92 Å². The van der Waals surface area contributed by atoms with E-state index in [1.807, 2.05) is 31.2 Å². The minimum absolute atomic E-state index is 0.236. The molecule has 1 fully saturated rings. The summed E-state index contributed by atoms with van der Waals surface area (Å²) in [5, 5.41) is 1.64. The minimum atomic E-state index is -3.45. The molecule has 0 aliphatic carbocycles. The molecule has 126 valence electrons. The van der Waals surface area contributed by atoms with Gasteiger partial charge in [-0.05, 0) is 30.7 Å². The van der Waals surface area contributed by atoms with Crippen LogP contribution in [0.3, 0.4) is 0 Å². The fourth-order valence-electron chi connectivity index (χ4n) is 2.23. The summed E-state index contributed by atoms with van der Waals surface area (Å²) in [7, 11) is -3.45. The smallest absolute Gasteiger partial charge is 0.236 e. The number of sulfonamides is 1. The van der Waals surface area contributed by atoms with Crippen LogP contribution in [0.5, 0.6) is 5.88 Å². The second-order valence-electron chi connectivity index (χ2n) is 5.61. The first-order valence-electron chi connectivity index (χ1n) is 7.46. The van der Waals surface area contributed by atoms with Gasteiger partial charge in [0, 0.05) is 11.6 Å². The van der Waals surface area contributed by atoms with Crippen molar-refractivity contribution in [1.82, 2.24) is 9.29 Å². The average molecular weight is 365 g/mol. The van der Waals surface area contributed by atoms with Crippen LogP contribution in [0.2, 0.25) is 5.02 Å². The van der Waals surface area contributed by atoms with Crippen molar-refractivity contribution in [2.75, 3.05) is 13.1 Å². The number of nitrogens with zero attached hydrogens (tertiary/aromatic N) is 2. The number of ether oxygens (including phenoxy) is 1. The monoisotopic (exact) mass is 364 g/mol. The van der Waals surface area contributed by atoms with E-state index in [9.17, 15) is 8.42 Å². The molecule has 0 unspecified atom stereocenters. The van der Waals surface area contributed by atoms with Gasteiger partial charge in [-0.1, -0.05) is 41.4 Å². The molecular formula is C17H17ClN2O3S. The maximum atomic E-state index is 12.3. The summed E-state index contributed by atoms with van der Waals surface area (Å²) in [5.74, 6) is 0.330. The molecule has 1 aromatic heterocycles. The highest BCUT2D eigenvalue weighted by Gasteiger charge is 2.36. The van der Waals surface area contributed by atoms with Crippen molar-refractivity contribution in [3.05, 3.63) is 64.2 Å². The lowest BCUT2D eigenvalue weighted by Gasteiger charge is -2.36. The van der Waals surface area contributed by atoms with Gasteiger partial charge >= 0.3 is 0 Å². The summed E-state index contributed by atoms with van der Waals surface area (Å²) in [4.78, 5) is 4.03. The van der Waals surface area contributed by atoms with Crippen LogP contribution in [0.25, 0.3) is 6.08 Å². The second kappa shape index (κ2) is 6.93. The quantitative estimate of drug-likeness (QED) is 0.818. The Morgan fingerprint density at radius 1 is 1.25 bits per heavy atom. The molecule has 1 aliphatic heterocycles. The summed E-state index contributed by atoms with van der Waals surface area (Å²) in [6.45, 7) is 2.55. The first-order chi connectivity index (χ1) is 11.4. The normalized spacial score (nSPS) is 16.2. The van der Waals surface area contributed by atoms with E-state index >= 15 is 0 Å². The van der Waals surface area contributed by atoms with E-state index in [2.05, 4.69) is 4.98 Å². The predicted octanol–water partition coefficient (Wildman–Crippen LogP) is 3.11. The minimum Gasteiger partial charge on any atom is -0.470 e. The van der Waals surface area contributed by atoms with Crippen LogP contribution in [0.4, 0.5) is 0 Å². The van der Waals surface area contributed by atoms with Crippen molar-refractivity contribution in [2.45, 2.75) is 13.0 Å². The van der Waals surface area contributed by atoms with E-state index in [1.165, 1.54) is 9.71 Å². The molecule has 1 aromatic carbocycles. The number of hydrogen-bond donors (Lipinski definition) is 0. The number of halogens is 1. The first-order valence-corrected chi connectivity index (χ1v) is 9.34. The van der Waals surface area contributed by atoms with Gasteiger partial charge in [-0.2, -0.15) is 4.31 Å². The molecule has 1 saturated heterocycles. The summed E-state index contributed by atoms with van der Waals surface area (Å²) in [5.41, 5.74) is 1.98. The average Bonchev–Trinajstić information content (AvgIpc) is 2.51. The SMILES string of the molecule is Cc1ccc(/C=C/S(=O)(=O)N2CC(Oc3ncccc3Cl)C2)cc1. The lowest BCUT2D eigenvalue weighted by Crippen LogP contribution is -2.55. The van der Waals surface area contributed by atoms with Crippen LogP contribution < -0.4 is 4.74 Å². The van der Waals surface area contributed by atoms with Crippen LogP contribution in [-0.2, 0) is 10.0 Å². The van der Waals surface area contributed by atoms with Crippen LogP contribution in [0.15, 0.2) is 48.0 Å². The standard InChI is InChI=1S/C17H17ClN2O3S/c1-13-4-6-14(7-5-13)8-10-24(21,22)20-11-15(12-20)23-17-16(18)3-2-9-19-17/h2-10,15H,11-12H2,1H3/b10-8+. The van der Waals surface area contributed by atoms with E-state index in [1.54, 1.807) is 24.4 Å². The van der Waals surface area contributed by atoms with Gasteiger partial charge in [0.2, 0.25) is 15.9 Å². The molecule has 0 N–H and O–H groups in total. The molecule has 0 bridgehead atoms. The third kappa shape index (κ3) is 3.95. The largest absolute Gasteiger partial charge is 0.470 e.